The largest absolute Gasteiger partial charge is 0.399 e. The van der Waals surface area contributed by atoms with Crippen molar-refractivity contribution >= 4 is 11.6 Å². The van der Waals surface area contributed by atoms with Crippen molar-refractivity contribution in [2.24, 2.45) is 5.73 Å². The molecular weight excluding hydrogens is 124 g/mol. The standard InChI is InChI=1S/C5H6ClN2/c6-5-3-4(7)1-2-8-5/h1,3,5,8H,7H2. The van der Waals surface area contributed by atoms with E-state index < -0.39 is 0 Å². The summed E-state index contributed by atoms with van der Waals surface area (Å²) < 4.78 is 0. The van der Waals surface area contributed by atoms with Gasteiger partial charge in [0, 0.05) is 5.70 Å². The third kappa shape index (κ3) is 1.17. The fourth-order valence-electron chi connectivity index (χ4n) is 0.463. The molecule has 2 nitrogen and oxygen atoms in total. The Kier molecular flexibility index (Phi) is 1.44. The summed E-state index contributed by atoms with van der Waals surface area (Å²) in [7, 11) is 0. The van der Waals surface area contributed by atoms with E-state index in [2.05, 4.69) is 11.5 Å². The smallest absolute Gasteiger partial charge is 0.122 e. The zero-order chi connectivity index (χ0) is 5.98. The number of dihydropyridines is 1. The first-order chi connectivity index (χ1) is 3.79. The van der Waals surface area contributed by atoms with Gasteiger partial charge in [0.15, 0.2) is 0 Å². The van der Waals surface area contributed by atoms with Crippen LogP contribution in [0.15, 0.2) is 17.8 Å². The maximum atomic E-state index is 5.56. The van der Waals surface area contributed by atoms with Crippen LogP contribution in [0.4, 0.5) is 0 Å². The van der Waals surface area contributed by atoms with Crippen molar-refractivity contribution < 1.29 is 0 Å². The average molecular weight is 130 g/mol. The highest BCUT2D eigenvalue weighted by molar-refractivity contribution is 6.21. The van der Waals surface area contributed by atoms with Gasteiger partial charge in [0.1, 0.15) is 5.50 Å². The number of rotatable bonds is 0. The molecule has 1 aliphatic heterocycles. The minimum absolute atomic E-state index is 0.194. The Morgan fingerprint density at radius 2 is 2.62 bits per heavy atom. The predicted octanol–water partition coefficient (Wildman–Crippen LogP) is 0.314. The highest BCUT2D eigenvalue weighted by Crippen LogP contribution is 2.00. The van der Waals surface area contributed by atoms with Crippen LogP contribution < -0.4 is 11.1 Å². The quantitative estimate of drug-likeness (QED) is 0.365. The number of halogens is 1. The molecule has 8 heavy (non-hydrogen) atoms. The maximum Gasteiger partial charge on any atom is 0.122 e. The normalized spacial score (nSPS) is 26.6. The molecule has 1 aliphatic rings. The highest BCUT2D eigenvalue weighted by atomic mass is 35.5. The molecule has 1 radical (unpaired) electrons. The number of hydrogen-bond acceptors (Lipinski definition) is 2. The fourth-order valence-corrected chi connectivity index (χ4v) is 0.672. The summed E-state index contributed by atoms with van der Waals surface area (Å²) >= 11 is 5.56. The molecule has 1 heterocycles. The van der Waals surface area contributed by atoms with Gasteiger partial charge in [-0.25, -0.2) is 0 Å². The van der Waals surface area contributed by atoms with Crippen LogP contribution in [-0.2, 0) is 0 Å². The summed E-state index contributed by atoms with van der Waals surface area (Å²) in [6, 6.07) is 0. The molecular formula is C5H6ClN2. The lowest BCUT2D eigenvalue weighted by molar-refractivity contribution is 0.861. The molecule has 43 valence electrons. The number of hydrogen-bond donors (Lipinski definition) is 2. The number of nitrogens with one attached hydrogen (secondary N) is 1. The lowest BCUT2D eigenvalue weighted by Gasteiger charge is -2.07. The van der Waals surface area contributed by atoms with Crippen LogP contribution >= 0.6 is 11.6 Å². The van der Waals surface area contributed by atoms with Gasteiger partial charge in [0.25, 0.3) is 0 Å². The van der Waals surface area contributed by atoms with Crippen molar-refractivity contribution in [2.75, 3.05) is 0 Å². The van der Waals surface area contributed by atoms with Crippen molar-refractivity contribution in [3.05, 3.63) is 24.0 Å². The van der Waals surface area contributed by atoms with Crippen LogP contribution in [0.2, 0.25) is 0 Å². The SMILES string of the molecule is NC1=CC(Cl)N[C]=C1. The molecule has 0 saturated carbocycles. The van der Waals surface area contributed by atoms with Crippen LogP contribution in [0.1, 0.15) is 0 Å². The van der Waals surface area contributed by atoms with E-state index in [1.807, 2.05) is 0 Å². The van der Waals surface area contributed by atoms with E-state index in [1.54, 1.807) is 12.2 Å². The van der Waals surface area contributed by atoms with Gasteiger partial charge in [-0.1, -0.05) is 11.6 Å². The Balaban J connectivity index is 2.63. The van der Waals surface area contributed by atoms with E-state index >= 15 is 0 Å². The first-order valence-corrected chi connectivity index (χ1v) is 2.68. The van der Waals surface area contributed by atoms with E-state index in [1.165, 1.54) is 0 Å². The van der Waals surface area contributed by atoms with Crippen molar-refractivity contribution in [2.45, 2.75) is 5.50 Å². The van der Waals surface area contributed by atoms with E-state index in [4.69, 9.17) is 17.3 Å². The Bertz CT molecular complexity index is 139. The summed E-state index contributed by atoms with van der Waals surface area (Å²) in [6.45, 7) is 0. The van der Waals surface area contributed by atoms with Gasteiger partial charge < -0.3 is 11.1 Å². The third-order valence-corrected chi connectivity index (χ3v) is 1.03. The molecule has 0 spiro atoms. The van der Waals surface area contributed by atoms with E-state index in [0.717, 1.165) is 0 Å². The van der Waals surface area contributed by atoms with Crippen LogP contribution in [0, 0.1) is 6.20 Å². The number of nitrogens with two attached hydrogens (primary N) is 1. The first kappa shape index (κ1) is 5.51. The molecule has 0 aromatic heterocycles. The van der Waals surface area contributed by atoms with Gasteiger partial charge in [-0.2, -0.15) is 0 Å². The van der Waals surface area contributed by atoms with E-state index in [0.29, 0.717) is 5.70 Å². The summed E-state index contributed by atoms with van der Waals surface area (Å²) in [4.78, 5) is 0. The van der Waals surface area contributed by atoms with Crippen LogP contribution in [0.5, 0.6) is 0 Å². The third-order valence-electron chi connectivity index (χ3n) is 0.799. The second-order valence-corrected chi connectivity index (χ2v) is 1.97. The Morgan fingerprint density at radius 1 is 1.88 bits per heavy atom. The van der Waals surface area contributed by atoms with Gasteiger partial charge in [0.05, 0.1) is 6.20 Å². The van der Waals surface area contributed by atoms with Crippen LogP contribution in [0.25, 0.3) is 0 Å². The van der Waals surface area contributed by atoms with Crippen LogP contribution in [-0.4, -0.2) is 5.50 Å². The summed E-state index contributed by atoms with van der Waals surface area (Å²) in [5.41, 5.74) is 5.81. The second kappa shape index (κ2) is 2.09. The average Bonchev–Trinajstić information content (AvgIpc) is 1.64. The monoisotopic (exact) mass is 129 g/mol. The molecule has 1 atom stereocenters. The zero-order valence-electron chi connectivity index (χ0n) is 4.19. The van der Waals surface area contributed by atoms with Crippen molar-refractivity contribution in [1.82, 2.24) is 5.32 Å². The highest BCUT2D eigenvalue weighted by Gasteiger charge is 1.99. The minimum Gasteiger partial charge on any atom is -0.399 e. The van der Waals surface area contributed by atoms with Gasteiger partial charge in [-0.3, -0.25) is 0 Å². The molecule has 0 amide bonds. The summed E-state index contributed by atoms with van der Waals surface area (Å²) in [5.74, 6) is 0. The van der Waals surface area contributed by atoms with Gasteiger partial charge in [-0.05, 0) is 12.2 Å². The Hall–Kier alpha value is -0.630. The van der Waals surface area contributed by atoms with Crippen molar-refractivity contribution in [1.29, 1.82) is 0 Å². The molecule has 1 unspecified atom stereocenters. The minimum atomic E-state index is -0.194. The van der Waals surface area contributed by atoms with Crippen molar-refractivity contribution in [3.63, 3.8) is 0 Å². The van der Waals surface area contributed by atoms with Gasteiger partial charge >= 0.3 is 0 Å². The lowest BCUT2D eigenvalue weighted by atomic mass is 10.3. The zero-order valence-corrected chi connectivity index (χ0v) is 4.94. The van der Waals surface area contributed by atoms with E-state index in [-0.39, 0.29) is 5.50 Å². The first-order valence-electron chi connectivity index (χ1n) is 2.24. The molecule has 3 heteroatoms. The second-order valence-electron chi connectivity index (χ2n) is 1.50. The number of alkyl halides is 1. The van der Waals surface area contributed by atoms with E-state index in [9.17, 15) is 0 Å². The topological polar surface area (TPSA) is 38.0 Å². The summed E-state index contributed by atoms with van der Waals surface area (Å²) in [6.07, 6.45) is 6.03. The Labute approximate surface area is 53.0 Å². The van der Waals surface area contributed by atoms with Crippen LogP contribution in [0.3, 0.4) is 0 Å². The fraction of sp³-hybridized carbons (Fsp3) is 0.200. The number of allylic oxidation sites excluding steroid dienone is 1. The molecule has 3 N–H and O–H groups in total. The molecule has 0 fully saturated rings. The Morgan fingerprint density at radius 3 is 3.00 bits per heavy atom. The van der Waals surface area contributed by atoms with Gasteiger partial charge in [-0.15, -0.1) is 0 Å². The summed E-state index contributed by atoms with van der Waals surface area (Å²) in [5, 5.41) is 2.72. The molecule has 1 rings (SSSR count). The molecule has 0 aliphatic carbocycles. The molecule has 0 aromatic carbocycles. The maximum absolute atomic E-state index is 5.56. The predicted molar refractivity (Wildman–Crippen MR) is 32.9 cm³/mol. The molecule has 0 saturated heterocycles. The molecule has 0 aromatic rings. The lowest BCUT2D eigenvalue weighted by Crippen LogP contribution is -2.20. The molecule has 0 bridgehead atoms. The van der Waals surface area contributed by atoms with Gasteiger partial charge in [0.2, 0.25) is 0 Å². The van der Waals surface area contributed by atoms with Crippen molar-refractivity contribution in [3.8, 4) is 0 Å².